The van der Waals surface area contributed by atoms with Crippen LogP contribution in [0, 0.1) is 5.92 Å². The number of halogens is 1. The summed E-state index contributed by atoms with van der Waals surface area (Å²) in [7, 11) is -8.11. The summed E-state index contributed by atoms with van der Waals surface area (Å²) in [5.74, 6) is 4.51. The molecule has 26 heavy (non-hydrogen) atoms. The van der Waals surface area contributed by atoms with Crippen molar-refractivity contribution >= 4 is 27.9 Å². The van der Waals surface area contributed by atoms with Gasteiger partial charge in [-0.25, -0.2) is 14.9 Å². The minimum atomic E-state index is -5.07. The van der Waals surface area contributed by atoms with E-state index < -0.39 is 44.9 Å². The van der Waals surface area contributed by atoms with Gasteiger partial charge in [-0.3, -0.25) is 14.2 Å². The second-order valence-electron chi connectivity index (χ2n) is 6.50. The Hall–Kier alpha value is -0.990. The molecule has 0 aliphatic heterocycles. The van der Waals surface area contributed by atoms with Crippen LogP contribution < -0.4 is 5.90 Å². The fourth-order valence-electron chi connectivity index (χ4n) is 3.30. The summed E-state index contributed by atoms with van der Waals surface area (Å²) in [5.41, 5.74) is 0. The van der Waals surface area contributed by atoms with Gasteiger partial charge in [-0.1, -0.05) is 20.8 Å². The summed E-state index contributed by atoms with van der Waals surface area (Å²) < 4.78 is 38.5. The average Bonchev–Trinajstić information content (AvgIpc) is 3.04. The minimum absolute atomic E-state index is 0.00261. The van der Waals surface area contributed by atoms with Crippen LogP contribution in [0.1, 0.15) is 52.0 Å². The van der Waals surface area contributed by atoms with Gasteiger partial charge in [-0.2, -0.15) is 0 Å². The molecular weight excluding hydrogens is 384 g/mol. The van der Waals surface area contributed by atoms with Crippen LogP contribution >= 0.6 is 17.6 Å². The number of furan rings is 1. The maximum atomic E-state index is 16.4. The third-order valence-corrected chi connectivity index (χ3v) is 10.6. The van der Waals surface area contributed by atoms with E-state index in [9.17, 15) is 19.0 Å². The van der Waals surface area contributed by atoms with Crippen LogP contribution in [-0.4, -0.2) is 26.3 Å². The van der Waals surface area contributed by atoms with Gasteiger partial charge in [-0.15, -0.1) is 10.0 Å². The first-order valence-electron chi connectivity index (χ1n) is 8.15. The zero-order valence-corrected chi connectivity index (χ0v) is 17.3. The van der Waals surface area contributed by atoms with Gasteiger partial charge >= 0.3 is 7.60 Å². The summed E-state index contributed by atoms with van der Waals surface area (Å²) in [6.07, 6.45) is 0.808. The molecule has 0 bridgehead atoms. The van der Waals surface area contributed by atoms with E-state index in [1.807, 2.05) is 0 Å². The number of carbonyl (C=O) groups is 2. The Labute approximate surface area is 154 Å². The number of hydrogen-bond acceptors (Lipinski definition) is 6. The van der Waals surface area contributed by atoms with Gasteiger partial charge in [0.05, 0.1) is 6.26 Å². The van der Waals surface area contributed by atoms with Crippen molar-refractivity contribution in [2.75, 3.05) is 5.75 Å². The Morgan fingerprint density at radius 3 is 2.27 bits per heavy atom. The van der Waals surface area contributed by atoms with Crippen molar-refractivity contribution in [2.24, 2.45) is 11.8 Å². The van der Waals surface area contributed by atoms with Crippen LogP contribution in [0.4, 0.5) is 4.39 Å². The molecule has 1 aromatic rings. The third kappa shape index (κ3) is 3.82. The van der Waals surface area contributed by atoms with Crippen LogP contribution in [0.15, 0.2) is 22.8 Å². The average molecular weight is 411 g/mol. The Morgan fingerprint density at radius 1 is 1.42 bits per heavy atom. The maximum Gasteiger partial charge on any atom is 0.382 e. The number of rotatable bonds is 8. The van der Waals surface area contributed by atoms with Crippen LogP contribution in [-0.2, 0) is 18.8 Å². The van der Waals surface area contributed by atoms with Crippen LogP contribution in [0.25, 0.3) is 0 Å². The van der Waals surface area contributed by atoms with E-state index in [1.54, 1.807) is 20.8 Å². The van der Waals surface area contributed by atoms with Gasteiger partial charge < -0.3 is 9.31 Å². The first-order chi connectivity index (χ1) is 11.9. The van der Waals surface area contributed by atoms with Gasteiger partial charge in [0.25, 0.3) is 0 Å². The van der Waals surface area contributed by atoms with Crippen molar-refractivity contribution in [2.45, 2.75) is 51.7 Å². The molecule has 0 saturated heterocycles. The smallest absolute Gasteiger partial charge is 0.382 e. The molecule has 10 heteroatoms. The topological polar surface area (TPSA) is 120 Å². The molecule has 0 aromatic carbocycles. The lowest BCUT2D eigenvalue weighted by atomic mass is 10.0. The molecule has 3 N–H and O–H groups in total. The highest BCUT2D eigenvalue weighted by Gasteiger charge is 2.64. The first kappa shape index (κ1) is 23.0. The number of alkyl halides is 1. The lowest BCUT2D eigenvalue weighted by Gasteiger charge is -2.47. The summed E-state index contributed by atoms with van der Waals surface area (Å²) in [6.45, 7) is 7.26. The Balaban J connectivity index is 3.92. The van der Waals surface area contributed by atoms with Gasteiger partial charge in [0, 0.05) is 13.8 Å². The van der Waals surface area contributed by atoms with E-state index >= 15 is 4.39 Å². The minimum Gasteiger partial charge on any atom is -0.468 e. The highest BCUT2D eigenvalue weighted by atomic mass is 32.3. The fraction of sp³-hybridized carbons (Fsp3) is 0.625. The largest absolute Gasteiger partial charge is 0.468 e. The van der Waals surface area contributed by atoms with Crippen molar-refractivity contribution in [1.82, 2.24) is 0 Å². The molecular formula is C16H27FNO6PS. The molecule has 1 rings (SSSR count). The maximum absolute atomic E-state index is 16.4. The third-order valence-electron chi connectivity index (χ3n) is 4.39. The van der Waals surface area contributed by atoms with E-state index in [0.717, 1.165) is 0 Å². The molecule has 1 heterocycles. The molecule has 0 aliphatic carbocycles. The van der Waals surface area contributed by atoms with Crippen molar-refractivity contribution in [3.8, 4) is 0 Å². The van der Waals surface area contributed by atoms with E-state index in [-0.39, 0.29) is 17.4 Å². The predicted octanol–water partition coefficient (Wildman–Crippen LogP) is 4.03. The standard InChI is InChI=1S/C16H27FNO6PS/c1-6-26(12(4)19,13(5)20)15(14-8-7-9-23-14)16(17,10-11(2)3)25(21,22)24-18/h7-9,11,15H,6,10,18H2,1-5H3,(H,21,22). The SMILES string of the molecule is CCS(C(C)=O)(C(C)=O)C(c1ccco1)C(F)(CC(C)C)P(=O)(O)ON. The summed E-state index contributed by atoms with van der Waals surface area (Å²) in [6, 6.07) is 2.85. The quantitative estimate of drug-likeness (QED) is 0.489. The predicted molar refractivity (Wildman–Crippen MR) is 99.3 cm³/mol. The Morgan fingerprint density at radius 2 is 1.96 bits per heavy atom. The molecule has 0 aliphatic rings. The van der Waals surface area contributed by atoms with E-state index in [2.05, 4.69) is 4.62 Å². The molecule has 1 aromatic heterocycles. The van der Waals surface area contributed by atoms with Gasteiger partial charge in [0.2, 0.25) is 5.41 Å². The number of carbonyl (C=O) groups excluding carboxylic acids is 2. The second-order valence-corrected chi connectivity index (χ2v) is 12.3. The first-order valence-corrected chi connectivity index (χ1v) is 11.6. The summed E-state index contributed by atoms with van der Waals surface area (Å²) in [4.78, 5) is 35.4. The molecule has 0 amide bonds. The Bertz CT molecular complexity index is 681. The van der Waals surface area contributed by atoms with Crippen molar-refractivity contribution in [1.29, 1.82) is 0 Å². The molecule has 0 saturated carbocycles. The highest BCUT2D eigenvalue weighted by molar-refractivity contribution is 8.55. The van der Waals surface area contributed by atoms with Crippen molar-refractivity contribution in [3.05, 3.63) is 24.2 Å². The van der Waals surface area contributed by atoms with Gasteiger partial charge in [0.1, 0.15) is 11.0 Å². The van der Waals surface area contributed by atoms with E-state index in [0.29, 0.717) is 0 Å². The molecule has 0 spiro atoms. The van der Waals surface area contributed by atoms with Crippen molar-refractivity contribution in [3.63, 3.8) is 0 Å². The normalized spacial score (nSPS) is 18.8. The summed E-state index contributed by atoms with van der Waals surface area (Å²) >= 11 is 0. The van der Waals surface area contributed by atoms with Crippen LogP contribution in [0.2, 0.25) is 0 Å². The molecule has 3 unspecified atom stereocenters. The highest BCUT2D eigenvalue weighted by Crippen LogP contribution is 2.75. The monoisotopic (exact) mass is 411 g/mol. The number of hydrogen-bond donors (Lipinski definition) is 2. The lowest BCUT2D eigenvalue weighted by Crippen LogP contribution is -2.41. The fourth-order valence-corrected chi connectivity index (χ4v) is 8.90. The summed E-state index contributed by atoms with van der Waals surface area (Å²) in [5, 5.41) is -5.66. The van der Waals surface area contributed by atoms with Gasteiger partial charge in [0.15, 0.2) is 10.2 Å². The van der Waals surface area contributed by atoms with E-state index in [4.69, 9.17) is 10.3 Å². The Kier molecular flexibility index (Phi) is 7.41. The van der Waals surface area contributed by atoms with Crippen molar-refractivity contribution < 1.29 is 32.5 Å². The second kappa shape index (κ2) is 8.35. The molecule has 7 nitrogen and oxygen atoms in total. The molecule has 150 valence electrons. The lowest BCUT2D eigenvalue weighted by molar-refractivity contribution is -0.112. The molecule has 0 fully saturated rings. The zero-order chi connectivity index (χ0) is 20.3. The van der Waals surface area contributed by atoms with Gasteiger partial charge in [-0.05, 0) is 30.2 Å². The molecule has 3 atom stereocenters. The van der Waals surface area contributed by atoms with Crippen LogP contribution in [0.3, 0.4) is 0 Å². The zero-order valence-electron chi connectivity index (χ0n) is 15.6. The number of nitrogens with two attached hydrogens (primary N) is 1. The van der Waals surface area contributed by atoms with E-state index in [1.165, 1.54) is 32.2 Å². The molecule has 0 radical (unpaired) electrons. The van der Waals surface area contributed by atoms with Crippen LogP contribution in [0.5, 0.6) is 0 Å².